The SMILES string of the molecule is Cc1nc(-c2ccccc2)cc2nn(CC(=O)Nc3cccc(Br)c3)c(=O)n12. The van der Waals surface area contributed by atoms with Crippen LogP contribution in [0.4, 0.5) is 5.69 Å². The Labute approximate surface area is 168 Å². The molecule has 0 radical (unpaired) electrons. The van der Waals surface area contributed by atoms with Gasteiger partial charge in [-0.3, -0.25) is 4.79 Å². The van der Waals surface area contributed by atoms with Crippen molar-refractivity contribution in [2.24, 2.45) is 0 Å². The molecule has 2 aromatic heterocycles. The Morgan fingerprint density at radius 3 is 2.64 bits per heavy atom. The summed E-state index contributed by atoms with van der Waals surface area (Å²) in [7, 11) is 0. The van der Waals surface area contributed by atoms with Crippen molar-refractivity contribution in [1.82, 2.24) is 19.2 Å². The summed E-state index contributed by atoms with van der Waals surface area (Å²) < 4.78 is 3.40. The highest BCUT2D eigenvalue weighted by molar-refractivity contribution is 9.10. The number of anilines is 1. The summed E-state index contributed by atoms with van der Waals surface area (Å²) in [4.78, 5) is 29.5. The minimum atomic E-state index is -0.399. The lowest BCUT2D eigenvalue weighted by atomic mass is 10.1. The fraction of sp³-hybridized carbons (Fsp3) is 0.100. The number of carbonyl (C=O) groups excluding carboxylic acids is 1. The second kappa shape index (κ2) is 7.40. The molecule has 2 heterocycles. The molecule has 0 atom stereocenters. The van der Waals surface area contributed by atoms with Crippen molar-refractivity contribution in [2.75, 3.05) is 5.32 Å². The Bertz CT molecular complexity index is 1230. The first kappa shape index (κ1) is 18.1. The number of amides is 1. The van der Waals surface area contributed by atoms with E-state index in [1.54, 1.807) is 25.1 Å². The van der Waals surface area contributed by atoms with E-state index in [4.69, 9.17) is 0 Å². The Morgan fingerprint density at radius 1 is 1.11 bits per heavy atom. The number of aromatic nitrogens is 4. The van der Waals surface area contributed by atoms with Gasteiger partial charge in [0.2, 0.25) is 5.91 Å². The van der Waals surface area contributed by atoms with E-state index in [1.165, 1.54) is 4.40 Å². The zero-order chi connectivity index (χ0) is 19.7. The Balaban J connectivity index is 1.65. The van der Waals surface area contributed by atoms with Crippen LogP contribution in [0.25, 0.3) is 16.9 Å². The van der Waals surface area contributed by atoms with E-state index in [2.05, 4.69) is 31.3 Å². The molecule has 0 aliphatic heterocycles. The number of rotatable bonds is 4. The maximum Gasteiger partial charge on any atom is 0.352 e. The van der Waals surface area contributed by atoms with Crippen LogP contribution < -0.4 is 11.0 Å². The summed E-state index contributed by atoms with van der Waals surface area (Å²) in [6, 6.07) is 18.6. The third-order valence-electron chi connectivity index (χ3n) is 4.21. The van der Waals surface area contributed by atoms with Crippen LogP contribution in [-0.2, 0) is 11.3 Å². The quantitative estimate of drug-likeness (QED) is 0.531. The van der Waals surface area contributed by atoms with Gasteiger partial charge in [0.1, 0.15) is 12.4 Å². The number of nitrogens with zero attached hydrogens (tertiary/aromatic N) is 4. The first-order chi connectivity index (χ1) is 13.5. The average molecular weight is 438 g/mol. The van der Waals surface area contributed by atoms with Crippen molar-refractivity contribution in [3.8, 4) is 11.3 Å². The topological polar surface area (TPSA) is 81.3 Å². The number of fused-ring (bicyclic) bond motifs is 1. The zero-order valence-corrected chi connectivity index (χ0v) is 16.5. The summed E-state index contributed by atoms with van der Waals surface area (Å²) in [6.07, 6.45) is 0. The van der Waals surface area contributed by atoms with E-state index in [1.807, 2.05) is 42.5 Å². The smallest absolute Gasteiger partial charge is 0.324 e. The van der Waals surface area contributed by atoms with Crippen LogP contribution >= 0.6 is 15.9 Å². The molecule has 0 bridgehead atoms. The summed E-state index contributed by atoms with van der Waals surface area (Å²) >= 11 is 3.36. The summed E-state index contributed by atoms with van der Waals surface area (Å²) in [5, 5.41) is 7.08. The second-order valence-electron chi connectivity index (χ2n) is 6.25. The fourth-order valence-corrected chi connectivity index (χ4v) is 3.36. The van der Waals surface area contributed by atoms with Crippen molar-refractivity contribution in [3.63, 3.8) is 0 Å². The van der Waals surface area contributed by atoms with Crippen LogP contribution in [-0.4, -0.2) is 25.1 Å². The summed E-state index contributed by atoms with van der Waals surface area (Å²) in [5.41, 5.74) is 2.35. The number of aryl methyl sites for hydroxylation is 1. The molecule has 0 saturated heterocycles. The Hall–Kier alpha value is -3.26. The monoisotopic (exact) mass is 437 g/mol. The molecule has 1 N–H and O–H groups in total. The number of benzene rings is 2. The highest BCUT2D eigenvalue weighted by Crippen LogP contribution is 2.18. The van der Waals surface area contributed by atoms with E-state index in [-0.39, 0.29) is 12.5 Å². The lowest BCUT2D eigenvalue weighted by Gasteiger charge is -2.04. The predicted molar refractivity (Wildman–Crippen MR) is 110 cm³/mol. The molecule has 0 unspecified atom stereocenters. The molecular weight excluding hydrogens is 422 g/mol. The van der Waals surface area contributed by atoms with Gasteiger partial charge in [0, 0.05) is 21.8 Å². The molecule has 0 fully saturated rings. The third kappa shape index (κ3) is 3.59. The van der Waals surface area contributed by atoms with E-state index < -0.39 is 5.69 Å². The van der Waals surface area contributed by atoms with Gasteiger partial charge in [-0.2, -0.15) is 0 Å². The minimum absolute atomic E-state index is 0.187. The number of nitrogens with one attached hydrogen (secondary N) is 1. The number of carbonyl (C=O) groups is 1. The van der Waals surface area contributed by atoms with Crippen molar-refractivity contribution in [3.05, 3.63) is 81.4 Å². The van der Waals surface area contributed by atoms with Crippen molar-refractivity contribution >= 4 is 33.2 Å². The molecule has 1 amide bonds. The lowest BCUT2D eigenvalue weighted by molar-refractivity contribution is -0.117. The van der Waals surface area contributed by atoms with E-state index in [0.717, 1.165) is 20.4 Å². The molecule has 8 heteroatoms. The van der Waals surface area contributed by atoms with Crippen LogP contribution in [0.2, 0.25) is 0 Å². The van der Waals surface area contributed by atoms with Crippen molar-refractivity contribution < 1.29 is 4.79 Å². The van der Waals surface area contributed by atoms with Crippen LogP contribution in [0.3, 0.4) is 0 Å². The molecule has 140 valence electrons. The molecule has 0 aliphatic carbocycles. The lowest BCUT2D eigenvalue weighted by Crippen LogP contribution is -2.28. The standard InChI is InChI=1S/C20H16BrN5O2/c1-13-22-17(14-6-3-2-4-7-14)11-18-24-25(20(28)26(13)18)12-19(27)23-16-9-5-8-15(21)10-16/h2-11H,12H2,1H3,(H,23,27). The largest absolute Gasteiger partial charge is 0.352 e. The Kier molecular flexibility index (Phi) is 4.79. The van der Waals surface area contributed by atoms with Crippen molar-refractivity contribution in [1.29, 1.82) is 0 Å². The molecule has 2 aromatic carbocycles. The minimum Gasteiger partial charge on any atom is -0.324 e. The predicted octanol–water partition coefficient (Wildman–Crippen LogP) is 3.27. The third-order valence-corrected chi connectivity index (χ3v) is 4.70. The normalized spacial score (nSPS) is 10.9. The van der Waals surface area contributed by atoms with Gasteiger partial charge < -0.3 is 5.32 Å². The number of hydrogen-bond acceptors (Lipinski definition) is 4. The summed E-state index contributed by atoms with van der Waals surface area (Å²) in [5.74, 6) is 0.178. The van der Waals surface area contributed by atoms with Crippen molar-refractivity contribution in [2.45, 2.75) is 13.5 Å². The van der Waals surface area contributed by atoms with Crippen LogP contribution in [0.1, 0.15) is 5.82 Å². The maximum atomic E-state index is 12.7. The maximum absolute atomic E-state index is 12.7. The second-order valence-corrected chi connectivity index (χ2v) is 7.16. The number of hydrogen-bond donors (Lipinski definition) is 1. The van der Waals surface area contributed by atoms with Gasteiger partial charge in [0.25, 0.3) is 0 Å². The summed E-state index contributed by atoms with van der Waals surface area (Å²) in [6.45, 7) is 1.56. The molecular formula is C20H16BrN5O2. The highest BCUT2D eigenvalue weighted by atomic mass is 79.9. The fourth-order valence-electron chi connectivity index (χ4n) is 2.96. The van der Waals surface area contributed by atoms with Crippen LogP contribution in [0.15, 0.2) is 69.9 Å². The van der Waals surface area contributed by atoms with Gasteiger partial charge in [-0.05, 0) is 25.1 Å². The van der Waals surface area contributed by atoms with E-state index in [9.17, 15) is 9.59 Å². The van der Waals surface area contributed by atoms with E-state index >= 15 is 0 Å². The molecule has 28 heavy (non-hydrogen) atoms. The van der Waals surface area contributed by atoms with Crippen LogP contribution in [0.5, 0.6) is 0 Å². The van der Waals surface area contributed by atoms with Gasteiger partial charge >= 0.3 is 5.69 Å². The molecule has 0 saturated carbocycles. The molecule has 4 aromatic rings. The van der Waals surface area contributed by atoms with Gasteiger partial charge in [0.15, 0.2) is 5.65 Å². The van der Waals surface area contributed by atoms with Gasteiger partial charge in [-0.1, -0.05) is 52.3 Å². The Morgan fingerprint density at radius 2 is 1.89 bits per heavy atom. The van der Waals surface area contributed by atoms with Crippen LogP contribution in [0, 0.1) is 6.92 Å². The highest BCUT2D eigenvalue weighted by Gasteiger charge is 2.14. The zero-order valence-electron chi connectivity index (χ0n) is 15.0. The molecule has 0 aliphatic rings. The molecule has 4 rings (SSSR count). The molecule has 0 spiro atoms. The number of halogens is 1. The van der Waals surface area contributed by atoms with Gasteiger partial charge in [-0.25, -0.2) is 18.9 Å². The van der Waals surface area contributed by atoms with Gasteiger partial charge in [0.05, 0.1) is 5.69 Å². The van der Waals surface area contributed by atoms with Gasteiger partial charge in [-0.15, -0.1) is 5.10 Å². The first-order valence-corrected chi connectivity index (χ1v) is 9.38. The molecule has 7 nitrogen and oxygen atoms in total. The first-order valence-electron chi connectivity index (χ1n) is 8.59. The average Bonchev–Trinajstić information content (AvgIpc) is 2.98. The van der Waals surface area contributed by atoms with E-state index in [0.29, 0.717) is 17.2 Å².